The standard InChI is InChI=1S/C25H32N4O4/c1-2-32-24(30)6-5-20-4-3-19(18-26)17-23(20)33-16-13-28-25(31)21-9-14-29(15-10-21)22-7-11-27-12-8-22/h3-4,7-8,11-12,17-18,21,26H,2,5-6,9-10,13-16H2,1H3,(H,28,31). The van der Waals surface area contributed by atoms with Gasteiger partial charge in [0.1, 0.15) is 12.4 Å². The Labute approximate surface area is 194 Å². The lowest BCUT2D eigenvalue weighted by molar-refractivity contribution is -0.143. The minimum absolute atomic E-state index is 0.00414. The van der Waals surface area contributed by atoms with Gasteiger partial charge >= 0.3 is 5.97 Å². The Kier molecular flexibility index (Phi) is 9.23. The fourth-order valence-corrected chi connectivity index (χ4v) is 3.91. The molecule has 1 fully saturated rings. The van der Waals surface area contributed by atoms with Crippen LogP contribution in [0.4, 0.5) is 5.69 Å². The van der Waals surface area contributed by atoms with Gasteiger partial charge in [-0.15, -0.1) is 0 Å². The first-order valence-corrected chi connectivity index (χ1v) is 11.4. The predicted molar refractivity (Wildman–Crippen MR) is 127 cm³/mol. The van der Waals surface area contributed by atoms with Crippen LogP contribution < -0.4 is 15.0 Å². The van der Waals surface area contributed by atoms with E-state index in [0.717, 1.165) is 42.7 Å². The molecule has 1 saturated heterocycles. The van der Waals surface area contributed by atoms with Gasteiger partial charge < -0.3 is 25.1 Å². The van der Waals surface area contributed by atoms with Gasteiger partial charge in [0.05, 0.1) is 13.2 Å². The molecule has 0 unspecified atom stereocenters. The fourth-order valence-electron chi connectivity index (χ4n) is 3.91. The highest BCUT2D eigenvalue weighted by Gasteiger charge is 2.24. The molecule has 0 aliphatic carbocycles. The number of piperidine rings is 1. The van der Waals surface area contributed by atoms with E-state index in [-0.39, 0.29) is 24.2 Å². The molecule has 33 heavy (non-hydrogen) atoms. The summed E-state index contributed by atoms with van der Waals surface area (Å²) >= 11 is 0. The van der Waals surface area contributed by atoms with E-state index < -0.39 is 0 Å². The highest BCUT2D eigenvalue weighted by Crippen LogP contribution is 2.23. The molecule has 0 saturated carbocycles. The first kappa shape index (κ1) is 24.2. The zero-order valence-electron chi connectivity index (χ0n) is 19.1. The zero-order valence-corrected chi connectivity index (χ0v) is 19.1. The molecule has 1 aliphatic rings. The van der Waals surface area contributed by atoms with Crippen molar-refractivity contribution in [2.24, 2.45) is 5.92 Å². The van der Waals surface area contributed by atoms with E-state index in [0.29, 0.717) is 31.9 Å². The van der Waals surface area contributed by atoms with Crippen molar-refractivity contribution < 1.29 is 19.1 Å². The molecular weight excluding hydrogens is 420 g/mol. The van der Waals surface area contributed by atoms with E-state index in [1.165, 1.54) is 6.21 Å². The smallest absolute Gasteiger partial charge is 0.306 e. The molecule has 0 radical (unpaired) electrons. The lowest BCUT2D eigenvalue weighted by Gasteiger charge is -2.32. The molecule has 2 aromatic rings. The lowest BCUT2D eigenvalue weighted by atomic mass is 9.95. The largest absolute Gasteiger partial charge is 0.491 e. The van der Waals surface area contributed by atoms with E-state index >= 15 is 0 Å². The quantitative estimate of drug-likeness (QED) is 0.309. The lowest BCUT2D eigenvalue weighted by Crippen LogP contribution is -2.41. The van der Waals surface area contributed by atoms with Gasteiger partial charge in [-0.3, -0.25) is 14.6 Å². The number of pyridine rings is 1. The number of aromatic nitrogens is 1. The number of rotatable bonds is 11. The summed E-state index contributed by atoms with van der Waals surface area (Å²) in [5.41, 5.74) is 2.74. The maximum Gasteiger partial charge on any atom is 0.306 e. The molecule has 8 nitrogen and oxygen atoms in total. The number of esters is 1. The number of nitrogens with zero attached hydrogens (tertiary/aromatic N) is 2. The van der Waals surface area contributed by atoms with Crippen LogP contribution in [0.3, 0.4) is 0 Å². The predicted octanol–water partition coefficient (Wildman–Crippen LogP) is 2.99. The number of aryl methyl sites for hydroxylation is 1. The molecule has 1 aromatic carbocycles. The highest BCUT2D eigenvalue weighted by atomic mass is 16.5. The Bertz CT molecular complexity index is 927. The van der Waals surface area contributed by atoms with Gasteiger partial charge in [0, 0.05) is 49.7 Å². The third-order valence-electron chi connectivity index (χ3n) is 5.71. The maximum atomic E-state index is 12.6. The number of carbonyl (C=O) groups excluding carboxylic acids is 2. The molecule has 1 amide bonds. The van der Waals surface area contributed by atoms with Crippen LogP contribution in [0, 0.1) is 11.3 Å². The van der Waals surface area contributed by atoms with Gasteiger partial charge in [0.15, 0.2) is 0 Å². The van der Waals surface area contributed by atoms with E-state index in [1.54, 1.807) is 25.4 Å². The number of amides is 1. The number of ether oxygens (including phenoxy) is 2. The minimum atomic E-state index is -0.248. The van der Waals surface area contributed by atoms with Crippen LogP contribution in [0.5, 0.6) is 5.75 Å². The van der Waals surface area contributed by atoms with Gasteiger partial charge in [-0.1, -0.05) is 12.1 Å². The van der Waals surface area contributed by atoms with Crippen molar-refractivity contribution in [2.45, 2.75) is 32.6 Å². The van der Waals surface area contributed by atoms with Crippen LogP contribution in [0.1, 0.15) is 37.3 Å². The van der Waals surface area contributed by atoms with E-state index in [4.69, 9.17) is 14.9 Å². The third kappa shape index (κ3) is 7.30. The molecular formula is C25H32N4O4. The maximum absolute atomic E-state index is 12.6. The topological polar surface area (TPSA) is 105 Å². The Balaban J connectivity index is 1.44. The second-order valence-corrected chi connectivity index (χ2v) is 7.92. The number of nitrogens with one attached hydrogen (secondary N) is 2. The van der Waals surface area contributed by atoms with Crippen molar-refractivity contribution in [3.05, 3.63) is 53.9 Å². The molecule has 1 aliphatic heterocycles. The minimum Gasteiger partial charge on any atom is -0.491 e. The Morgan fingerprint density at radius 2 is 1.97 bits per heavy atom. The molecule has 3 rings (SSSR count). The number of benzene rings is 1. The van der Waals surface area contributed by atoms with E-state index in [2.05, 4.69) is 15.2 Å². The van der Waals surface area contributed by atoms with Crippen molar-refractivity contribution in [1.29, 1.82) is 5.41 Å². The summed E-state index contributed by atoms with van der Waals surface area (Å²) in [5, 5.41) is 10.5. The molecule has 0 bridgehead atoms. The summed E-state index contributed by atoms with van der Waals surface area (Å²) in [6.07, 6.45) is 7.21. The van der Waals surface area contributed by atoms with Gasteiger partial charge in [0.25, 0.3) is 0 Å². The summed E-state index contributed by atoms with van der Waals surface area (Å²) in [4.78, 5) is 30.6. The van der Waals surface area contributed by atoms with Gasteiger partial charge in [-0.2, -0.15) is 0 Å². The molecule has 8 heteroatoms. The van der Waals surface area contributed by atoms with Crippen LogP contribution in [-0.2, 0) is 20.7 Å². The van der Waals surface area contributed by atoms with E-state index in [1.807, 2.05) is 24.3 Å². The summed E-state index contributed by atoms with van der Waals surface area (Å²) in [5.74, 6) is 0.440. The first-order chi connectivity index (χ1) is 16.1. The summed E-state index contributed by atoms with van der Waals surface area (Å²) in [7, 11) is 0. The van der Waals surface area contributed by atoms with Crippen molar-refractivity contribution in [3.63, 3.8) is 0 Å². The van der Waals surface area contributed by atoms with Gasteiger partial charge in [0.2, 0.25) is 5.91 Å². The average molecular weight is 453 g/mol. The molecule has 0 atom stereocenters. The summed E-state index contributed by atoms with van der Waals surface area (Å²) < 4.78 is 10.9. The van der Waals surface area contributed by atoms with E-state index in [9.17, 15) is 9.59 Å². The summed E-state index contributed by atoms with van der Waals surface area (Å²) in [6.45, 7) is 4.55. The second kappa shape index (κ2) is 12.6. The SMILES string of the molecule is CCOC(=O)CCc1ccc(C=N)cc1OCCNC(=O)C1CCN(c2ccncc2)CC1. The Hall–Kier alpha value is -3.42. The van der Waals surface area contributed by atoms with Crippen LogP contribution >= 0.6 is 0 Å². The Morgan fingerprint density at radius 1 is 1.21 bits per heavy atom. The van der Waals surface area contributed by atoms with Crippen molar-refractivity contribution in [1.82, 2.24) is 10.3 Å². The zero-order chi connectivity index (χ0) is 23.5. The van der Waals surface area contributed by atoms with Crippen LogP contribution in [0.25, 0.3) is 0 Å². The number of hydrogen-bond acceptors (Lipinski definition) is 7. The number of carbonyl (C=O) groups is 2. The average Bonchev–Trinajstić information content (AvgIpc) is 2.86. The fraction of sp³-hybridized carbons (Fsp3) is 0.440. The van der Waals surface area contributed by atoms with Gasteiger partial charge in [-0.25, -0.2) is 0 Å². The third-order valence-corrected chi connectivity index (χ3v) is 5.71. The van der Waals surface area contributed by atoms with Crippen LogP contribution in [0.2, 0.25) is 0 Å². The second-order valence-electron chi connectivity index (χ2n) is 7.92. The number of anilines is 1. The normalized spacial score (nSPS) is 13.9. The van der Waals surface area contributed by atoms with Crippen molar-refractivity contribution in [2.75, 3.05) is 37.7 Å². The number of hydrogen-bond donors (Lipinski definition) is 2. The van der Waals surface area contributed by atoms with Gasteiger partial charge in [-0.05, 0) is 55.5 Å². The first-order valence-electron chi connectivity index (χ1n) is 11.4. The van der Waals surface area contributed by atoms with Crippen molar-refractivity contribution >= 4 is 23.8 Å². The van der Waals surface area contributed by atoms with Crippen LogP contribution in [-0.4, -0.2) is 55.9 Å². The summed E-state index contributed by atoms with van der Waals surface area (Å²) in [6, 6.07) is 9.45. The molecule has 2 heterocycles. The molecule has 0 spiro atoms. The van der Waals surface area contributed by atoms with Crippen molar-refractivity contribution in [3.8, 4) is 5.75 Å². The molecule has 1 aromatic heterocycles. The molecule has 176 valence electrons. The van der Waals surface area contributed by atoms with Crippen LogP contribution in [0.15, 0.2) is 42.7 Å². The monoisotopic (exact) mass is 452 g/mol. The highest BCUT2D eigenvalue weighted by molar-refractivity contribution is 5.79. The molecule has 2 N–H and O–H groups in total. The Morgan fingerprint density at radius 3 is 2.67 bits per heavy atom.